The van der Waals surface area contributed by atoms with Crippen molar-refractivity contribution in [3.05, 3.63) is 29.8 Å². The number of anilines is 1. The zero-order valence-corrected chi connectivity index (χ0v) is 9.18. The summed E-state index contributed by atoms with van der Waals surface area (Å²) < 4.78 is 5.22. The van der Waals surface area contributed by atoms with Crippen LogP contribution in [0.25, 0.3) is 0 Å². The highest BCUT2D eigenvalue weighted by molar-refractivity contribution is 6.17. The quantitative estimate of drug-likeness (QED) is 0.580. The van der Waals surface area contributed by atoms with E-state index in [4.69, 9.17) is 16.3 Å². The predicted molar refractivity (Wildman–Crippen MR) is 61.0 cm³/mol. The zero-order valence-electron chi connectivity index (χ0n) is 8.42. The van der Waals surface area contributed by atoms with Gasteiger partial charge in [-0.05, 0) is 24.6 Å². The van der Waals surface area contributed by atoms with Crippen LogP contribution < -0.4 is 5.32 Å². The first-order valence-corrected chi connectivity index (χ1v) is 5.36. The Bertz CT molecular complexity index is 265. The average molecular weight is 214 g/mol. The van der Waals surface area contributed by atoms with Crippen LogP contribution in [0.5, 0.6) is 0 Å². The standard InChI is InChI=1S/C11H16ClNO/c1-2-14-7-6-13-11-5-3-4-10(8-11)9-12/h3-5,8,13H,2,6-7,9H2,1H3. The lowest BCUT2D eigenvalue weighted by Gasteiger charge is -2.07. The maximum absolute atomic E-state index is 5.73. The van der Waals surface area contributed by atoms with Gasteiger partial charge in [0.15, 0.2) is 0 Å². The molecule has 1 aromatic carbocycles. The SMILES string of the molecule is CCOCCNc1cccc(CCl)c1. The van der Waals surface area contributed by atoms with Crippen molar-refractivity contribution in [3.63, 3.8) is 0 Å². The predicted octanol–water partition coefficient (Wildman–Crippen LogP) is 2.87. The van der Waals surface area contributed by atoms with Crippen molar-refractivity contribution in [3.8, 4) is 0 Å². The Hall–Kier alpha value is -0.730. The van der Waals surface area contributed by atoms with Crippen LogP contribution in [-0.4, -0.2) is 19.8 Å². The molecule has 0 fully saturated rings. The first-order valence-electron chi connectivity index (χ1n) is 4.83. The van der Waals surface area contributed by atoms with E-state index in [1.807, 2.05) is 25.1 Å². The van der Waals surface area contributed by atoms with Crippen LogP contribution in [0.4, 0.5) is 5.69 Å². The number of alkyl halides is 1. The second-order valence-corrected chi connectivity index (χ2v) is 3.22. The van der Waals surface area contributed by atoms with Gasteiger partial charge in [0.2, 0.25) is 0 Å². The first kappa shape index (κ1) is 11.3. The minimum Gasteiger partial charge on any atom is -0.383 e. The summed E-state index contributed by atoms with van der Waals surface area (Å²) in [6, 6.07) is 8.10. The van der Waals surface area contributed by atoms with E-state index < -0.39 is 0 Å². The van der Waals surface area contributed by atoms with Gasteiger partial charge in [-0.2, -0.15) is 0 Å². The van der Waals surface area contributed by atoms with Gasteiger partial charge in [-0.3, -0.25) is 0 Å². The number of hydrogen-bond acceptors (Lipinski definition) is 2. The van der Waals surface area contributed by atoms with E-state index in [9.17, 15) is 0 Å². The minimum atomic E-state index is 0.557. The summed E-state index contributed by atoms with van der Waals surface area (Å²) in [5, 5.41) is 3.27. The molecule has 78 valence electrons. The lowest BCUT2D eigenvalue weighted by atomic mass is 10.2. The molecule has 0 saturated heterocycles. The third-order valence-corrected chi connectivity index (χ3v) is 2.17. The van der Waals surface area contributed by atoms with Gasteiger partial charge in [0.05, 0.1) is 6.61 Å². The molecule has 1 aromatic rings. The fraction of sp³-hybridized carbons (Fsp3) is 0.455. The van der Waals surface area contributed by atoms with E-state index in [0.717, 1.165) is 31.0 Å². The monoisotopic (exact) mass is 213 g/mol. The van der Waals surface area contributed by atoms with Crippen molar-refractivity contribution >= 4 is 17.3 Å². The molecule has 0 unspecified atom stereocenters. The summed E-state index contributed by atoms with van der Waals surface area (Å²) in [5.74, 6) is 0.557. The Kier molecular flexibility index (Phi) is 5.42. The Balaban J connectivity index is 2.34. The summed E-state index contributed by atoms with van der Waals surface area (Å²) in [4.78, 5) is 0. The lowest BCUT2D eigenvalue weighted by Crippen LogP contribution is -2.09. The third kappa shape index (κ3) is 3.99. The molecule has 2 nitrogen and oxygen atoms in total. The van der Waals surface area contributed by atoms with Gasteiger partial charge >= 0.3 is 0 Å². The summed E-state index contributed by atoms with van der Waals surface area (Å²) in [6.45, 7) is 4.33. The van der Waals surface area contributed by atoms with Crippen LogP contribution in [-0.2, 0) is 10.6 Å². The second kappa shape index (κ2) is 6.68. The molecule has 0 aromatic heterocycles. The Morgan fingerprint density at radius 1 is 1.43 bits per heavy atom. The van der Waals surface area contributed by atoms with Crippen molar-refractivity contribution in [2.24, 2.45) is 0 Å². The fourth-order valence-electron chi connectivity index (χ4n) is 1.18. The molecule has 0 amide bonds. The molecule has 14 heavy (non-hydrogen) atoms. The Morgan fingerprint density at radius 2 is 2.29 bits per heavy atom. The van der Waals surface area contributed by atoms with E-state index in [1.165, 1.54) is 0 Å². The topological polar surface area (TPSA) is 21.3 Å². The average Bonchev–Trinajstić information content (AvgIpc) is 2.25. The molecule has 0 aliphatic carbocycles. The van der Waals surface area contributed by atoms with E-state index in [-0.39, 0.29) is 0 Å². The van der Waals surface area contributed by atoms with Crippen molar-refractivity contribution in [1.82, 2.24) is 0 Å². The smallest absolute Gasteiger partial charge is 0.0638 e. The van der Waals surface area contributed by atoms with E-state index in [0.29, 0.717) is 5.88 Å². The zero-order chi connectivity index (χ0) is 10.2. The fourth-order valence-corrected chi connectivity index (χ4v) is 1.34. The van der Waals surface area contributed by atoms with E-state index >= 15 is 0 Å². The van der Waals surface area contributed by atoms with Gasteiger partial charge in [0, 0.05) is 24.7 Å². The molecule has 0 saturated carbocycles. The molecule has 0 aliphatic heterocycles. The van der Waals surface area contributed by atoms with Gasteiger partial charge in [0.25, 0.3) is 0 Å². The molecule has 0 bridgehead atoms. The molecule has 0 aliphatic rings. The maximum atomic E-state index is 5.73. The normalized spacial score (nSPS) is 10.1. The molecule has 0 radical (unpaired) electrons. The number of rotatable bonds is 6. The van der Waals surface area contributed by atoms with Crippen LogP contribution in [0.15, 0.2) is 24.3 Å². The van der Waals surface area contributed by atoms with Crippen LogP contribution in [0, 0.1) is 0 Å². The largest absolute Gasteiger partial charge is 0.383 e. The summed E-state index contributed by atoms with van der Waals surface area (Å²) in [5.41, 5.74) is 2.23. The minimum absolute atomic E-state index is 0.557. The number of benzene rings is 1. The number of ether oxygens (including phenoxy) is 1. The molecule has 0 atom stereocenters. The van der Waals surface area contributed by atoms with Crippen molar-refractivity contribution in [2.45, 2.75) is 12.8 Å². The second-order valence-electron chi connectivity index (χ2n) is 2.96. The van der Waals surface area contributed by atoms with E-state index in [2.05, 4.69) is 11.4 Å². The van der Waals surface area contributed by atoms with Crippen molar-refractivity contribution in [2.75, 3.05) is 25.1 Å². The van der Waals surface area contributed by atoms with Crippen LogP contribution in [0.2, 0.25) is 0 Å². The van der Waals surface area contributed by atoms with Crippen molar-refractivity contribution < 1.29 is 4.74 Å². The highest BCUT2D eigenvalue weighted by Crippen LogP contribution is 2.11. The molecular formula is C11H16ClNO. The molecule has 0 heterocycles. The maximum Gasteiger partial charge on any atom is 0.0638 e. The van der Waals surface area contributed by atoms with Crippen LogP contribution >= 0.6 is 11.6 Å². The first-order chi connectivity index (χ1) is 6.86. The molecule has 1 rings (SSSR count). The number of hydrogen-bond donors (Lipinski definition) is 1. The van der Waals surface area contributed by atoms with Gasteiger partial charge < -0.3 is 10.1 Å². The van der Waals surface area contributed by atoms with Gasteiger partial charge in [-0.25, -0.2) is 0 Å². The summed E-state index contributed by atoms with van der Waals surface area (Å²) in [6.07, 6.45) is 0. The number of halogens is 1. The Labute approximate surface area is 90.2 Å². The van der Waals surface area contributed by atoms with Crippen molar-refractivity contribution in [1.29, 1.82) is 0 Å². The Morgan fingerprint density at radius 3 is 3.00 bits per heavy atom. The highest BCUT2D eigenvalue weighted by atomic mass is 35.5. The molecular weight excluding hydrogens is 198 g/mol. The highest BCUT2D eigenvalue weighted by Gasteiger charge is 1.93. The number of nitrogens with one attached hydrogen (secondary N) is 1. The van der Waals surface area contributed by atoms with Gasteiger partial charge in [-0.1, -0.05) is 12.1 Å². The van der Waals surface area contributed by atoms with E-state index in [1.54, 1.807) is 0 Å². The van der Waals surface area contributed by atoms with Gasteiger partial charge in [-0.15, -0.1) is 11.6 Å². The third-order valence-electron chi connectivity index (χ3n) is 1.86. The lowest BCUT2D eigenvalue weighted by molar-refractivity contribution is 0.158. The summed E-state index contributed by atoms with van der Waals surface area (Å²) in [7, 11) is 0. The van der Waals surface area contributed by atoms with Gasteiger partial charge in [0.1, 0.15) is 0 Å². The molecule has 3 heteroatoms. The van der Waals surface area contributed by atoms with Crippen LogP contribution in [0.1, 0.15) is 12.5 Å². The molecule has 1 N–H and O–H groups in total. The molecule has 0 spiro atoms. The summed E-state index contributed by atoms with van der Waals surface area (Å²) >= 11 is 5.73. The van der Waals surface area contributed by atoms with Crippen LogP contribution in [0.3, 0.4) is 0 Å².